The second-order valence-corrected chi connectivity index (χ2v) is 6.64. The van der Waals surface area contributed by atoms with Crippen molar-refractivity contribution in [2.45, 2.75) is 44.9 Å². The third-order valence-corrected chi connectivity index (χ3v) is 4.90. The zero-order valence-corrected chi connectivity index (χ0v) is 13.1. The van der Waals surface area contributed by atoms with Gasteiger partial charge in [0.1, 0.15) is 0 Å². The van der Waals surface area contributed by atoms with E-state index in [9.17, 15) is 0 Å². The predicted octanol–water partition coefficient (Wildman–Crippen LogP) is 3.42. The normalized spacial score (nSPS) is 20.8. The van der Waals surface area contributed by atoms with Gasteiger partial charge in [0, 0.05) is 18.5 Å². The van der Waals surface area contributed by atoms with Gasteiger partial charge in [-0.25, -0.2) is 0 Å². The van der Waals surface area contributed by atoms with E-state index in [0.29, 0.717) is 6.54 Å². The van der Waals surface area contributed by atoms with Crippen molar-refractivity contribution in [3.05, 3.63) is 35.9 Å². The molecule has 20 heavy (non-hydrogen) atoms. The van der Waals surface area contributed by atoms with E-state index >= 15 is 0 Å². The molecule has 1 saturated heterocycles. The lowest BCUT2D eigenvalue weighted by atomic mass is 9.81. The average Bonchev–Trinajstić information content (AvgIpc) is 2.50. The lowest BCUT2D eigenvalue weighted by Crippen LogP contribution is -2.46. The van der Waals surface area contributed by atoms with Crippen molar-refractivity contribution in [3.8, 4) is 0 Å². The monoisotopic (exact) mass is 274 g/mol. The Morgan fingerprint density at radius 1 is 1.20 bits per heavy atom. The van der Waals surface area contributed by atoms with Crippen LogP contribution in [0.15, 0.2) is 30.3 Å². The minimum Gasteiger partial charge on any atom is -0.330 e. The van der Waals surface area contributed by atoms with Crippen molar-refractivity contribution < 1.29 is 0 Å². The van der Waals surface area contributed by atoms with E-state index in [1.165, 1.54) is 44.3 Å². The van der Waals surface area contributed by atoms with Crippen LogP contribution < -0.4 is 5.73 Å². The summed E-state index contributed by atoms with van der Waals surface area (Å²) >= 11 is 0. The SMILES string of the molecule is CCCC1CCN(CC(C)(CN)c2ccccc2)CC1. The highest BCUT2D eigenvalue weighted by molar-refractivity contribution is 5.25. The largest absolute Gasteiger partial charge is 0.330 e. The molecule has 2 N–H and O–H groups in total. The first kappa shape index (κ1) is 15.5. The maximum absolute atomic E-state index is 6.10. The van der Waals surface area contributed by atoms with Crippen LogP contribution in [0.2, 0.25) is 0 Å². The van der Waals surface area contributed by atoms with Gasteiger partial charge in [0.25, 0.3) is 0 Å². The molecule has 0 aromatic heterocycles. The van der Waals surface area contributed by atoms with Crippen LogP contribution in [0.3, 0.4) is 0 Å². The molecule has 1 heterocycles. The molecule has 1 aliphatic heterocycles. The summed E-state index contributed by atoms with van der Waals surface area (Å²) in [5.41, 5.74) is 7.56. The van der Waals surface area contributed by atoms with Crippen molar-refractivity contribution >= 4 is 0 Å². The van der Waals surface area contributed by atoms with Gasteiger partial charge in [-0.2, -0.15) is 0 Å². The second-order valence-electron chi connectivity index (χ2n) is 6.64. The third-order valence-electron chi connectivity index (χ3n) is 4.90. The van der Waals surface area contributed by atoms with Crippen LogP contribution in [-0.4, -0.2) is 31.1 Å². The van der Waals surface area contributed by atoms with Crippen molar-refractivity contribution in [1.29, 1.82) is 0 Å². The van der Waals surface area contributed by atoms with E-state index in [1.807, 2.05) is 0 Å². The molecule has 1 unspecified atom stereocenters. The minimum atomic E-state index is 0.0822. The molecule has 1 aromatic carbocycles. The number of piperidine rings is 1. The molecule has 0 amide bonds. The molecule has 2 nitrogen and oxygen atoms in total. The van der Waals surface area contributed by atoms with E-state index < -0.39 is 0 Å². The molecule has 2 rings (SSSR count). The van der Waals surface area contributed by atoms with Gasteiger partial charge in [-0.3, -0.25) is 0 Å². The summed E-state index contributed by atoms with van der Waals surface area (Å²) < 4.78 is 0. The lowest BCUT2D eigenvalue weighted by molar-refractivity contribution is 0.149. The van der Waals surface area contributed by atoms with Gasteiger partial charge in [0.05, 0.1) is 0 Å². The smallest absolute Gasteiger partial charge is 0.0174 e. The second kappa shape index (κ2) is 7.24. The van der Waals surface area contributed by atoms with Crippen LogP contribution in [0.5, 0.6) is 0 Å². The summed E-state index contributed by atoms with van der Waals surface area (Å²) in [5, 5.41) is 0. The molecular weight excluding hydrogens is 244 g/mol. The molecule has 1 atom stereocenters. The highest BCUT2D eigenvalue weighted by Gasteiger charge is 2.29. The number of hydrogen-bond donors (Lipinski definition) is 1. The topological polar surface area (TPSA) is 29.3 Å². The van der Waals surface area contributed by atoms with Gasteiger partial charge < -0.3 is 10.6 Å². The quantitative estimate of drug-likeness (QED) is 0.861. The molecule has 1 aliphatic rings. The van der Waals surface area contributed by atoms with Crippen LogP contribution in [0.25, 0.3) is 0 Å². The van der Waals surface area contributed by atoms with Gasteiger partial charge in [-0.05, 0) is 37.4 Å². The summed E-state index contributed by atoms with van der Waals surface area (Å²) in [4.78, 5) is 2.62. The van der Waals surface area contributed by atoms with Crippen LogP contribution in [0.4, 0.5) is 0 Å². The minimum absolute atomic E-state index is 0.0822. The fraction of sp³-hybridized carbons (Fsp3) is 0.667. The molecule has 2 heteroatoms. The molecule has 1 aromatic rings. The number of likely N-dealkylation sites (tertiary alicyclic amines) is 1. The molecule has 0 spiro atoms. The van der Waals surface area contributed by atoms with Gasteiger partial charge in [-0.1, -0.05) is 57.0 Å². The predicted molar refractivity (Wildman–Crippen MR) is 86.9 cm³/mol. The van der Waals surface area contributed by atoms with Gasteiger partial charge in [0.15, 0.2) is 0 Å². The Morgan fingerprint density at radius 3 is 2.40 bits per heavy atom. The molecule has 1 fully saturated rings. The first-order chi connectivity index (χ1) is 9.68. The lowest BCUT2D eigenvalue weighted by Gasteiger charge is -2.39. The van der Waals surface area contributed by atoms with E-state index in [2.05, 4.69) is 49.1 Å². The molecule has 0 radical (unpaired) electrons. The van der Waals surface area contributed by atoms with Crippen LogP contribution in [0.1, 0.15) is 45.1 Å². The Kier molecular flexibility index (Phi) is 5.62. The molecule has 0 aliphatic carbocycles. The van der Waals surface area contributed by atoms with Crippen molar-refractivity contribution in [2.75, 3.05) is 26.2 Å². The maximum atomic E-state index is 6.10. The molecule has 0 saturated carbocycles. The van der Waals surface area contributed by atoms with Crippen LogP contribution in [0, 0.1) is 5.92 Å². The Morgan fingerprint density at radius 2 is 1.85 bits per heavy atom. The Balaban J connectivity index is 1.94. The maximum Gasteiger partial charge on any atom is 0.0174 e. The fourth-order valence-corrected chi connectivity index (χ4v) is 3.45. The van der Waals surface area contributed by atoms with Gasteiger partial charge in [-0.15, -0.1) is 0 Å². The highest BCUT2D eigenvalue weighted by atomic mass is 15.1. The molecular formula is C18H30N2. The summed E-state index contributed by atoms with van der Waals surface area (Å²) in [5.74, 6) is 0.956. The van der Waals surface area contributed by atoms with Gasteiger partial charge in [0.2, 0.25) is 0 Å². The number of benzene rings is 1. The van der Waals surface area contributed by atoms with Gasteiger partial charge >= 0.3 is 0 Å². The summed E-state index contributed by atoms with van der Waals surface area (Å²) in [6, 6.07) is 10.8. The summed E-state index contributed by atoms with van der Waals surface area (Å²) in [7, 11) is 0. The number of nitrogens with two attached hydrogens (primary N) is 1. The standard InChI is InChI=1S/C18H30N2/c1-3-7-16-10-12-20(13-11-16)15-18(2,14-19)17-8-5-4-6-9-17/h4-6,8-9,16H,3,7,10-15,19H2,1-2H3. The van der Waals surface area contributed by atoms with Crippen LogP contribution >= 0.6 is 0 Å². The molecule has 112 valence electrons. The number of rotatable bonds is 6. The average molecular weight is 274 g/mol. The number of nitrogens with zero attached hydrogens (tertiary/aromatic N) is 1. The first-order valence-corrected chi connectivity index (χ1v) is 8.16. The van der Waals surface area contributed by atoms with E-state index in [0.717, 1.165) is 12.5 Å². The fourth-order valence-electron chi connectivity index (χ4n) is 3.45. The first-order valence-electron chi connectivity index (χ1n) is 8.16. The van der Waals surface area contributed by atoms with Crippen LogP contribution in [-0.2, 0) is 5.41 Å². The Labute approximate surface area is 124 Å². The summed E-state index contributed by atoms with van der Waals surface area (Å²) in [6.07, 6.45) is 5.46. The summed E-state index contributed by atoms with van der Waals surface area (Å²) in [6.45, 7) is 8.90. The van der Waals surface area contributed by atoms with Crippen molar-refractivity contribution in [2.24, 2.45) is 11.7 Å². The number of hydrogen-bond acceptors (Lipinski definition) is 2. The van der Waals surface area contributed by atoms with E-state index in [4.69, 9.17) is 5.73 Å². The Bertz CT molecular complexity index is 382. The third kappa shape index (κ3) is 3.83. The van der Waals surface area contributed by atoms with E-state index in [-0.39, 0.29) is 5.41 Å². The highest BCUT2D eigenvalue weighted by Crippen LogP contribution is 2.27. The molecule has 0 bridgehead atoms. The zero-order chi connectivity index (χ0) is 14.4. The van der Waals surface area contributed by atoms with Crippen molar-refractivity contribution in [3.63, 3.8) is 0 Å². The zero-order valence-electron chi connectivity index (χ0n) is 13.1. The van der Waals surface area contributed by atoms with E-state index in [1.54, 1.807) is 0 Å². The Hall–Kier alpha value is -0.860. The van der Waals surface area contributed by atoms with Crippen molar-refractivity contribution in [1.82, 2.24) is 4.90 Å².